The Morgan fingerprint density at radius 2 is 2.00 bits per heavy atom. The molecule has 0 aliphatic heterocycles. The first kappa shape index (κ1) is 16.7. The van der Waals surface area contributed by atoms with E-state index in [1.54, 1.807) is 0 Å². The van der Waals surface area contributed by atoms with Gasteiger partial charge in [-0.15, -0.1) is 0 Å². The molecule has 20 heavy (non-hydrogen) atoms. The number of anilines is 1. The van der Waals surface area contributed by atoms with Gasteiger partial charge in [-0.25, -0.2) is 9.97 Å². The summed E-state index contributed by atoms with van der Waals surface area (Å²) in [5.74, 6) is 1.29. The Morgan fingerprint density at radius 3 is 2.55 bits per heavy atom. The molecule has 0 saturated heterocycles. The Bertz CT molecular complexity index is 422. The van der Waals surface area contributed by atoms with Crippen LogP contribution in [0.5, 0.6) is 0 Å². The molecule has 0 fully saturated rings. The van der Waals surface area contributed by atoms with Crippen LogP contribution in [-0.2, 0) is 17.8 Å². The van der Waals surface area contributed by atoms with E-state index in [4.69, 9.17) is 0 Å². The highest BCUT2D eigenvalue weighted by Gasteiger charge is 2.27. The normalized spacial score (nSPS) is 11.9. The van der Waals surface area contributed by atoms with E-state index in [1.165, 1.54) is 0 Å². The average Bonchev–Trinajstić information content (AvgIpc) is 2.26. The first-order valence-electron chi connectivity index (χ1n) is 6.55. The van der Waals surface area contributed by atoms with Gasteiger partial charge in [-0.2, -0.15) is 13.2 Å². The van der Waals surface area contributed by atoms with Crippen molar-refractivity contribution in [2.45, 2.75) is 40.0 Å². The lowest BCUT2D eigenvalue weighted by Crippen LogP contribution is -2.17. The lowest BCUT2D eigenvalue weighted by molar-refractivity contribution is -0.177. The van der Waals surface area contributed by atoms with Crippen molar-refractivity contribution < 1.29 is 17.9 Å². The summed E-state index contributed by atoms with van der Waals surface area (Å²) in [6.45, 7) is 5.17. The standard InChI is InChI=1S/C13H20F3N3O/c1-4-17-11-6-10(5-9(2)3)18-12(19-11)7-20-8-13(14,15)16/h6,9H,4-5,7-8H2,1-3H3,(H,17,18,19). The molecule has 0 spiro atoms. The zero-order valence-corrected chi connectivity index (χ0v) is 11.9. The second-order valence-electron chi connectivity index (χ2n) is 4.90. The van der Waals surface area contributed by atoms with E-state index in [0.29, 0.717) is 18.3 Å². The van der Waals surface area contributed by atoms with Crippen molar-refractivity contribution in [3.05, 3.63) is 17.6 Å². The van der Waals surface area contributed by atoms with Crippen molar-refractivity contribution in [2.24, 2.45) is 5.92 Å². The second kappa shape index (κ2) is 7.42. The summed E-state index contributed by atoms with van der Waals surface area (Å²) in [5.41, 5.74) is 0.802. The van der Waals surface area contributed by atoms with E-state index in [9.17, 15) is 13.2 Å². The Labute approximate surface area is 116 Å². The highest BCUT2D eigenvalue weighted by Crippen LogP contribution is 2.16. The van der Waals surface area contributed by atoms with Crippen LogP contribution in [0.3, 0.4) is 0 Å². The number of nitrogens with zero attached hydrogens (tertiary/aromatic N) is 2. The van der Waals surface area contributed by atoms with Gasteiger partial charge in [0.05, 0.1) is 0 Å². The minimum atomic E-state index is -4.33. The molecular formula is C13H20F3N3O. The Hall–Kier alpha value is -1.37. The van der Waals surface area contributed by atoms with E-state index < -0.39 is 12.8 Å². The molecule has 0 aromatic carbocycles. The number of hydrogen-bond acceptors (Lipinski definition) is 4. The van der Waals surface area contributed by atoms with E-state index >= 15 is 0 Å². The summed E-state index contributed by atoms with van der Waals surface area (Å²) in [7, 11) is 0. The number of ether oxygens (including phenoxy) is 1. The third kappa shape index (κ3) is 6.70. The fourth-order valence-electron chi connectivity index (χ4n) is 1.67. The zero-order chi connectivity index (χ0) is 15.2. The number of nitrogens with one attached hydrogen (secondary N) is 1. The molecule has 114 valence electrons. The smallest absolute Gasteiger partial charge is 0.370 e. The molecule has 0 atom stereocenters. The second-order valence-corrected chi connectivity index (χ2v) is 4.90. The molecule has 0 aliphatic rings. The van der Waals surface area contributed by atoms with E-state index in [0.717, 1.165) is 12.1 Å². The lowest BCUT2D eigenvalue weighted by Gasteiger charge is -2.11. The number of rotatable bonds is 7. The van der Waals surface area contributed by atoms with Crippen LogP contribution >= 0.6 is 0 Å². The van der Waals surface area contributed by atoms with Crippen LogP contribution in [0.1, 0.15) is 32.3 Å². The van der Waals surface area contributed by atoms with Crippen LogP contribution < -0.4 is 5.32 Å². The number of hydrogen-bond donors (Lipinski definition) is 1. The molecule has 0 aliphatic carbocycles. The Balaban J connectivity index is 2.74. The summed E-state index contributed by atoms with van der Waals surface area (Å²) in [6, 6.07) is 1.82. The van der Waals surface area contributed by atoms with Crippen LogP contribution in [0, 0.1) is 5.92 Å². The fourth-order valence-corrected chi connectivity index (χ4v) is 1.67. The van der Waals surface area contributed by atoms with Crippen LogP contribution in [0.15, 0.2) is 6.07 Å². The topological polar surface area (TPSA) is 47.0 Å². The first-order valence-corrected chi connectivity index (χ1v) is 6.55. The van der Waals surface area contributed by atoms with Gasteiger partial charge in [-0.1, -0.05) is 13.8 Å². The van der Waals surface area contributed by atoms with Gasteiger partial charge in [0.1, 0.15) is 19.0 Å². The van der Waals surface area contributed by atoms with Crippen molar-refractivity contribution in [3.8, 4) is 0 Å². The third-order valence-electron chi connectivity index (χ3n) is 2.30. The number of alkyl halides is 3. The Morgan fingerprint density at radius 1 is 1.30 bits per heavy atom. The minimum absolute atomic E-state index is 0.246. The number of aromatic nitrogens is 2. The van der Waals surface area contributed by atoms with Gasteiger partial charge < -0.3 is 10.1 Å². The minimum Gasteiger partial charge on any atom is -0.370 e. The summed E-state index contributed by atoms with van der Waals surface area (Å²) < 4.78 is 40.7. The third-order valence-corrected chi connectivity index (χ3v) is 2.30. The zero-order valence-electron chi connectivity index (χ0n) is 11.9. The van der Waals surface area contributed by atoms with Crippen LogP contribution in [0.2, 0.25) is 0 Å². The molecule has 4 nitrogen and oxygen atoms in total. The quantitative estimate of drug-likeness (QED) is 0.838. The maximum Gasteiger partial charge on any atom is 0.411 e. The molecule has 0 radical (unpaired) electrons. The highest BCUT2D eigenvalue weighted by atomic mass is 19.4. The van der Waals surface area contributed by atoms with Crippen LogP contribution in [0.25, 0.3) is 0 Å². The monoisotopic (exact) mass is 291 g/mol. The van der Waals surface area contributed by atoms with Crippen molar-refractivity contribution in [3.63, 3.8) is 0 Å². The van der Waals surface area contributed by atoms with Crippen LogP contribution in [-0.4, -0.2) is 29.3 Å². The Kier molecular flexibility index (Phi) is 6.19. The molecule has 1 N–H and O–H groups in total. The van der Waals surface area contributed by atoms with Crippen molar-refractivity contribution in [1.29, 1.82) is 0 Å². The summed E-state index contributed by atoms with van der Waals surface area (Å²) in [5, 5.41) is 3.04. The molecule has 0 unspecified atom stereocenters. The fraction of sp³-hybridized carbons (Fsp3) is 0.692. The molecule has 1 aromatic rings. The van der Waals surface area contributed by atoms with Gasteiger partial charge in [0.2, 0.25) is 0 Å². The molecule has 0 bridgehead atoms. The maximum atomic E-state index is 12.0. The van der Waals surface area contributed by atoms with Crippen molar-refractivity contribution in [1.82, 2.24) is 9.97 Å². The molecule has 0 amide bonds. The van der Waals surface area contributed by atoms with Gasteiger partial charge in [0, 0.05) is 18.3 Å². The van der Waals surface area contributed by atoms with Crippen molar-refractivity contribution in [2.75, 3.05) is 18.5 Å². The highest BCUT2D eigenvalue weighted by molar-refractivity contribution is 5.36. The predicted octanol–water partition coefficient (Wildman–Crippen LogP) is 3.19. The summed E-state index contributed by atoms with van der Waals surface area (Å²) >= 11 is 0. The first-order chi connectivity index (χ1) is 9.30. The van der Waals surface area contributed by atoms with Gasteiger partial charge >= 0.3 is 6.18 Å². The molecule has 1 heterocycles. The molecule has 7 heteroatoms. The number of halogens is 3. The van der Waals surface area contributed by atoms with E-state index in [-0.39, 0.29) is 12.4 Å². The van der Waals surface area contributed by atoms with Gasteiger partial charge in [-0.3, -0.25) is 0 Å². The summed E-state index contributed by atoms with van der Waals surface area (Å²) in [6.07, 6.45) is -3.59. The predicted molar refractivity (Wildman–Crippen MR) is 70.4 cm³/mol. The van der Waals surface area contributed by atoms with Crippen molar-refractivity contribution >= 4 is 5.82 Å². The molecule has 1 rings (SSSR count). The van der Waals surface area contributed by atoms with Gasteiger partial charge in [-0.05, 0) is 19.3 Å². The van der Waals surface area contributed by atoms with Gasteiger partial charge in [0.25, 0.3) is 0 Å². The maximum absolute atomic E-state index is 12.0. The van der Waals surface area contributed by atoms with E-state index in [2.05, 4.69) is 33.9 Å². The average molecular weight is 291 g/mol. The lowest BCUT2D eigenvalue weighted by atomic mass is 10.1. The summed E-state index contributed by atoms with van der Waals surface area (Å²) in [4.78, 5) is 8.37. The molecule has 0 saturated carbocycles. The molecular weight excluding hydrogens is 271 g/mol. The molecule has 1 aromatic heterocycles. The SMILES string of the molecule is CCNc1cc(CC(C)C)nc(COCC(F)(F)F)n1. The van der Waals surface area contributed by atoms with E-state index in [1.807, 2.05) is 13.0 Å². The largest absolute Gasteiger partial charge is 0.411 e. The van der Waals surface area contributed by atoms with Gasteiger partial charge in [0.15, 0.2) is 5.82 Å². The van der Waals surface area contributed by atoms with Crippen LogP contribution in [0.4, 0.5) is 19.0 Å².